The van der Waals surface area contributed by atoms with Gasteiger partial charge in [-0.1, -0.05) is 15.9 Å². The normalized spacial score (nSPS) is 18.7. The van der Waals surface area contributed by atoms with Gasteiger partial charge in [0.25, 0.3) is 5.92 Å². The maximum Gasteiger partial charge on any atom is 0.335 e. The predicted octanol–water partition coefficient (Wildman–Crippen LogP) is 3.33. The molecule has 1 aliphatic heterocycles. The second-order valence-corrected chi connectivity index (χ2v) is 4.96. The third-order valence-electron chi connectivity index (χ3n) is 2.52. The highest BCUT2D eigenvalue weighted by atomic mass is 79.9. The van der Waals surface area contributed by atoms with Crippen molar-refractivity contribution in [2.75, 3.05) is 0 Å². The van der Waals surface area contributed by atoms with Crippen LogP contribution in [0.15, 0.2) is 28.2 Å². The van der Waals surface area contributed by atoms with Crippen LogP contribution in [0.3, 0.4) is 0 Å². The molecule has 1 unspecified atom stereocenters. The number of alkyl halides is 2. The van der Waals surface area contributed by atoms with E-state index in [1.807, 2.05) is 0 Å². The van der Waals surface area contributed by atoms with Gasteiger partial charge in [0.1, 0.15) is 5.75 Å². The van der Waals surface area contributed by atoms with Gasteiger partial charge < -0.3 is 9.84 Å². The standard InChI is InChI=1S/C12H9BrF2O3/c1-12(14,15)10-8(11(16)17)5-6-4-7(13)2-3-9(6)18-10/h2-5,10H,1H3,(H,16,17). The van der Waals surface area contributed by atoms with E-state index < -0.39 is 23.6 Å². The molecule has 1 atom stereocenters. The quantitative estimate of drug-likeness (QED) is 0.909. The van der Waals surface area contributed by atoms with Crippen LogP contribution in [0.25, 0.3) is 6.08 Å². The molecule has 0 saturated heterocycles. The monoisotopic (exact) mass is 318 g/mol. The molecule has 0 aliphatic carbocycles. The summed E-state index contributed by atoms with van der Waals surface area (Å²) in [5, 5.41) is 8.97. The molecule has 0 amide bonds. The Morgan fingerprint density at radius 2 is 2.17 bits per heavy atom. The molecule has 3 nitrogen and oxygen atoms in total. The van der Waals surface area contributed by atoms with Crippen molar-refractivity contribution < 1.29 is 23.4 Å². The highest BCUT2D eigenvalue weighted by Crippen LogP contribution is 2.37. The molecule has 0 spiro atoms. The molecule has 6 heteroatoms. The Kier molecular flexibility index (Phi) is 3.14. The van der Waals surface area contributed by atoms with E-state index in [1.54, 1.807) is 12.1 Å². The zero-order valence-electron chi connectivity index (χ0n) is 9.28. The molecule has 1 heterocycles. The summed E-state index contributed by atoms with van der Waals surface area (Å²) in [4.78, 5) is 11.0. The van der Waals surface area contributed by atoms with Crippen molar-refractivity contribution in [1.82, 2.24) is 0 Å². The van der Waals surface area contributed by atoms with Crippen LogP contribution in [0.1, 0.15) is 12.5 Å². The second kappa shape index (κ2) is 4.35. The van der Waals surface area contributed by atoms with Gasteiger partial charge in [-0.25, -0.2) is 13.6 Å². The number of ether oxygens (including phenoxy) is 1. The highest BCUT2D eigenvalue weighted by Gasteiger charge is 2.43. The van der Waals surface area contributed by atoms with Crippen molar-refractivity contribution in [3.8, 4) is 5.75 Å². The Balaban J connectivity index is 2.53. The lowest BCUT2D eigenvalue weighted by atomic mass is 9.98. The van der Waals surface area contributed by atoms with Crippen LogP contribution in [0.4, 0.5) is 8.78 Å². The van der Waals surface area contributed by atoms with Crippen molar-refractivity contribution in [1.29, 1.82) is 0 Å². The van der Waals surface area contributed by atoms with Gasteiger partial charge in [0.05, 0.1) is 5.57 Å². The third kappa shape index (κ3) is 2.38. The zero-order valence-corrected chi connectivity index (χ0v) is 10.9. The van der Waals surface area contributed by atoms with Gasteiger partial charge in [0.2, 0.25) is 0 Å². The van der Waals surface area contributed by atoms with E-state index in [1.165, 1.54) is 12.1 Å². The van der Waals surface area contributed by atoms with Gasteiger partial charge in [-0.2, -0.15) is 0 Å². The van der Waals surface area contributed by atoms with Crippen molar-refractivity contribution in [2.24, 2.45) is 0 Å². The first kappa shape index (κ1) is 13.0. The second-order valence-electron chi connectivity index (χ2n) is 4.04. The fourth-order valence-corrected chi connectivity index (χ4v) is 2.10. The Morgan fingerprint density at radius 3 is 2.72 bits per heavy atom. The molecule has 18 heavy (non-hydrogen) atoms. The Morgan fingerprint density at radius 1 is 1.50 bits per heavy atom. The van der Waals surface area contributed by atoms with E-state index in [0.29, 0.717) is 17.0 Å². The molecule has 1 aromatic carbocycles. The number of benzene rings is 1. The van der Waals surface area contributed by atoms with E-state index in [-0.39, 0.29) is 5.75 Å². The molecule has 0 bridgehead atoms. The molecule has 0 fully saturated rings. The lowest BCUT2D eigenvalue weighted by Gasteiger charge is -2.29. The van der Waals surface area contributed by atoms with Crippen LogP contribution in [0.5, 0.6) is 5.75 Å². The third-order valence-corrected chi connectivity index (χ3v) is 3.01. The Bertz CT molecular complexity index is 535. The van der Waals surface area contributed by atoms with Crippen molar-refractivity contribution in [3.63, 3.8) is 0 Å². The fraction of sp³-hybridized carbons (Fsp3) is 0.250. The van der Waals surface area contributed by atoms with Crippen molar-refractivity contribution >= 4 is 28.0 Å². The smallest absolute Gasteiger partial charge is 0.335 e. The number of hydrogen-bond donors (Lipinski definition) is 1. The molecule has 0 aromatic heterocycles. The van der Waals surface area contributed by atoms with Gasteiger partial charge in [-0.3, -0.25) is 0 Å². The van der Waals surface area contributed by atoms with Crippen LogP contribution < -0.4 is 4.74 Å². The molecule has 0 saturated carbocycles. The number of carbonyl (C=O) groups is 1. The van der Waals surface area contributed by atoms with Crippen LogP contribution >= 0.6 is 15.9 Å². The highest BCUT2D eigenvalue weighted by molar-refractivity contribution is 9.10. The summed E-state index contributed by atoms with van der Waals surface area (Å²) < 4.78 is 32.5. The van der Waals surface area contributed by atoms with Crippen LogP contribution in [0, 0.1) is 0 Å². The maximum atomic E-state index is 13.4. The predicted molar refractivity (Wildman–Crippen MR) is 64.8 cm³/mol. The summed E-state index contributed by atoms with van der Waals surface area (Å²) in [6.45, 7) is 0.637. The summed E-state index contributed by atoms with van der Waals surface area (Å²) in [7, 11) is 0. The molecular weight excluding hydrogens is 310 g/mol. The minimum atomic E-state index is -3.27. The van der Waals surface area contributed by atoms with Crippen molar-refractivity contribution in [3.05, 3.63) is 33.8 Å². The molecule has 1 aromatic rings. The lowest BCUT2D eigenvalue weighted by molar-refractivity contribution is -0.137. The van der Waals surface area contributed by atoms with Gasteiger partial charge in [-0.15, -0.1) is 0 Å². The zero-order chi connectivity index (χ0) is 13.5. The van der Waals surface area contributed by atoms with Crippen molar-refractivity contribution in [2.45, 2.75) is 19.0 Å². The minimum absolute atomic E-state index is 0.245. The number of carboxylic acids is 1. The van der Waals surface area contributed by atoms with Gasteiger partial charge >= 0.3 is 5.97 Å². The largest absolute Gasteiger partial charge is 0.478 e. The number of halogens is 3. The first-order chi connectivity index (χ1) is 8.29. The summed E-state index contributed by atoms with van der Waals surface area (Å²) >= 11 is 3.22. The average Bonchev–Trinajstić information content (AvgIpc) is 2.25. The first-order valence-corrected chi connectivity index (χ1v) is 5.87. The maximum absolute atomic E-state index is 13.4. The molecule has 96 valence electrons. The van der Waals surface area contributed by atoms with Crippen LogP contribution in [-0.4, -0.2) is 23.1 Å². The number of aliphatic carboxylic acids is 1. The topological polar surface area (TPSA) is 46.5 Å². The molecule has 1 aliphatic rings. The Labute approximate surface area is 110 Å². The van der Waals surface area contributed by atoms with E-state index in [4.69, 9.17) is 9.84 Å². The summed E-state index contributed by atoms with van der Waals surface area (Å²) in [5.41, 5.74) is 0.00961. The number of fused-ring (bicyclic) bond motifs is 1. The lowest BCUT2D eigenvalue weighted by Crippen LogP contribution is -2.41. The van der Waals surface area contributed by atoms with Gasteiger partial charge in [0.15, 0.2) is 6.10 Å². The van der Waals surface area contributed by atoms with E-state index >= 15 is 0 Å². The number of hydrogen-bond acceptors (Lipinski definition) is 2. The summed E-state index contributed by atoms with van der Waals surface area (Å²) in [6, 6.07) is 4.78. The summed E-state index contributed by atoms with van der Waals surface area (Å²) in [6.07, 6.45) is -0.558. The van der Waals surface area contributed by atoms with E-state index in [2.05, 4.69) is 15.9 Å². The first-order valence-electron chi connectivity index (χ1n) is 5.08. The van der Waals surface area contributed by atoms with Gasteiger partial charge in [-0.05, 0) is 24.3 Å². The summed E-state index contributed by atoms with van der Waals surface area (Å²) in [5.74, 6) is -4.43. The molecule has 2 rings (SSSR count). The molecule has 1 N–H and O–H groups in total. The minimum Gasteiger partial charge on any atom is -0.478 e. The number of rotatable bonds is 2. The Hall–Kier alpha value is -1.43. The van der Waals surface area contributed by atoms with Crippen LogP contribution in [-0.2, 0) is 4.79 Å². The van der Waals surface area contributed by atoms with Crippen LogP contribution in [0.2, 0.25) is 0 Å². The van der Waals surface area contributed by atoms with E-state index in [0.717, 1.165) is 0 Å². The molecule has 0 radical (unpaired) electrons. The van der Waals surface area contributed by atoms with E-state index in [9.17, 15) is 13.6 Å². The SMILES string of the molecule is CC(F)(F)C1Oc2ccc(Br)cc2C=C1C(=O)O. The van der Waals surface area contributed by atoms with Gasteiger partial charge in [0, 0.05) is 17.0 Å². The fourth-order valence-electron chi connectivity index (χ4n) is 1.72. The average molecular weight is 319 g/mol. The number of carboxylic acid groups (broad SMARTS) is 1. The molecular formula is C12H9BrF2O3.